The zero-order chi connectivity index (χ0) is 19.8. The van der Waals surface area contributed by atoms with Crippen molar-refractivity contribution >= 4 is 11.8 Å². The van der Waals surface area contributed by atoms with Crippen molar-refractivity contribution in [1.82, 2.24) is 14.8 Å². The van der Waals surface area contributed by atoms with E-state index in [0.29, 0.717) is 24.6 Å². The minimum atomic E-state index is -0.148. The van der Waals surface area contributed by atoms with Gasteiger partial charge in [-0.15, -0.1) is 10.2 Å². The number of hydrogen-bond donors (Lipinski definition) is 0. The zero-order valence-corrected chi connectivity index (χ0v) is 17.0. The summed E-state index contributed by atoms with van der Waals surface area (Å²) in [5, 5.41) is 28.0. The predicted molar refractivity (Wildman–Crippen MR) is 109 cm³/mol. The molecule has 7 heteroatoms. The fourth-order valence-electron chi connectivity index (χ4n) is 3.58. The van der Waals surface area contributed by atoms with Crippen molar-refractivity contribution in [2.45, 2.75) is 56.1 Å². The van der Waals surface area contributed by atoms with Gasteiger partial charge in [-0.05, 0) is 43.5 Å². The van der Waals surface area contributed by atoms with Crippen LogP contribution in [0.3, 0.4) is 0 Å². The van der Waals surface area contributed by atoms with Crippen LogP contribution in [-0.2, 0) is 0 Å². The summed E-state index contributed by atoms with van der Waals surface area (Å²) in [5.41, 5.74) is 1.02. The number of nitriles is 2. The molecule has 1 aromatic carbocycles. The van der Waals surface area contributed by atoms with Crippen LogP contribution in [0.25, 0.3) is 11.4 Å². The van der Waals surface area contributed by atoms with Crippen LogP contribution in [0.5, 0.6) is 5.75 Å². The largest absolute Gasteiger partial charge is 0.497 e. The molecule has 3 rings (SSSR count). The Morgan fingerprint density at radius 2 is 1.93 bits per heavy atom. The van der Waals surface area contributed by atoms with Crippen molar-refractivity contribution in [2.24, 2.45) is 5.92 Å². The monoisotopic (exact) mass is 395 g/mol. The lowest BCUT2D eigenvalue weighted by molar-refractivity contribution is 0.339. The summed E-state index contributed by atoms with van der Waals surface area (Å²) < 4.78 is 7.53. The quantitative estimate of drug-likeness (QED) is 0.585. The molecule has 1 aliphatic rings. The van der Waals surface area contributed by atoms with Crippen LogP contribution in [0.15, 0.2) is 29.4 Å². The Labute approximate surface area is 170 Å². The molecule has 28 heavy (non-hydrogen) atoms. The molecule has 1 aliphatic carbocycles. The van der Waals surface area contributed by atoms with Gasteiger partial charge in [0.25, 0.3) is 0 Å². The van der Waals surface area contributed by atoms with Crippen LogP contribution >= 0.6 is 11.8 Å². The second-order valence-corrected chi connectivity index (χ2v) is 8.02. The van der Waals surface area contributed by atoms with Gasteiger partial charge in [0.05, 0.1) is 25.2 Å². The average Bonchev–Trinajstić information content (AvgIpc) is 3.18. The molecule has 0 spiro atoms. The van der Waals surface area contributed by atoms with Crippen molar-refractivity contribution in [3.8, 4) is 29.3 Å². The highest BCUT2D eigenvalue weighted by Crippen LogP contribution is 2.36. The summed E-state index contributed by atoms with van der Waals surface area (Å²) in [6, 6.07) is 12.7. The number of thioether (sulfide) groups is 1. The van der Waals surface area contributed by atoms with Gasteiger partial charge < -0.3 is 4.74 Å². The van der Waals surface area contributed by atoms with Crippen LogP contribution in [0.2, 0.25) is 0 Å². The standard InChI is InChI=1S/C21H25N5OS/c1-27-19-11-9-17(10-12-19)20-24-25-21(26(20)18-7-3-2-4-8-18)28-15-16(14-23)6-5-13-22/h9-12,16,18H,2-8,15H2,1H3. The summed E-state index contributed by atoms with van der Waals surface area (Å²) in [6.45, 7) is 0. The highest BCUT2D eigenvalue weighted by Gasteiger charge is 2.24. The van der Waals surface area contributed by atoms with Crippen molar-refractivity contribution in [3.05, 3.63) is 24.3 Å². The molecule has 1 heterocycles. The number of methoxy groups -OCH3 is 1. The second kappa shape index (κ2) is 10.1. The molecule has 6 nitrogen and oxygen atoms in total. The summed E-state index contributed by atoms with van der Waals surface area (Å²) >= 11 is 1.58. The van der Waals surface area contributed by atoms with E-state index in [4.69, 9.17) is 10.00 Å². The van der Waals surface area contributed by atoms with E-state index in [-0.39, 0.29) is 5.92 Å². The van der Waals surface area contributed by atoms with Crippen molar-refractivity contribution in [2.75, 3.05) is 12.9 Å². The summed E-state index contributed by atoms with van der Waals surface area (Å²) in [5.74, 6) is 2.18. The van der Waals surface area contributed by atoms with E-state index in [1.165, 1.54) is 19.3 Å². The van der Waals surface area contributed by atoms with Gasteiger partial charge >= 0.3 is 0 Å². The molecule has 0 amide bonds. The van der Waals surface area contributed by atoms with Crippen LogP contribution in [0.1, 0.15) is 51.0 Å². The molecule has 0 N–H and O–H groups in total. The van der Waals surface area contributed by atoms with E-state index >= 15 is 0 Å². The molecule has 0 bridgehead atoms. The number of ether oxygens (including phenoxy) is 1. The van der Waals surface area contributed by atoms with Gasteiger partial charge in [0.2, 0.25) is 0 Å². The molecule has 0 saturated heterocycles. The minimum Gasteiger partial charge on any atom is -0.497 e. The Morgan fingerprint density at radius 3 is 2.57 bits per heavy atom. The van der Waals surface area contributed by atoms with E-state index < -0.39 is 0 Å². The Morgan fingerprint density at radius 1 is 1.18 bits per heavy atom. The summed E-state index contributed by atoms with van der Waals surface area (Å²) in [7, 11) is 1.66. The fraction of sp³-hybridized carbons (Fsp3) is 0.524. The lowest BCUT2D eigenvalue weighted by Gasteiger charge is -2.25. The molecule has 2 aromatic rings. The Hall–Kier alpha value is -2.51. The molecular formula is C21H25N5OS. The van der Waals surface area contributed by atoms with E-state index in [9.17, 15) is 5.26 Å². The second-order valence-electron chi connectivity index (χ2n) is 7.03. The molecule has 1 fully saturated rings. The smallest absolute Gasteiger partial charge is 0.191 e. The van der Waals surface area contributed by atoms with Crippen LogP contribution in [0.4, 0.5) is 0 Å². The van der Waals surface area contributed by atoms with Gasteiger partial charge in [0.1, 0.15) is 5.75 Å². The molecule has 1 atom stereocenters. The zero-order valence-electron chi connectivity index (χ0n) is 16.2. The SMILES string of the molecule is COc1ccc(-c2nnc(SCC(C#N)CCC#N)n2C2CCCCC2)cc1. The van der Waals surface area contributed by atoms with Crippen molar-refractivity contribution in [1.29, 1.82) is 10.5 Å². The molecule has 1 aromatic heterocycles. The molecule has 0 radical (unpaired) electrons. The molecule has 1 saturated carbocycles. The topological polar surface area (TPSA) is 87.5 Å². The lowest BCUT2D eigenvalue weighted by atomic mass is 9.95. The number of benzene rings is 1. The minimum absolute atomic E-state index is 0.148. The molecule has 1 unspecified atom stereocenters. The molecule has 146 valence electrons. The first-order valence-electron chi connectivity index (χ1n) is 9.75. The first-order valence-corrected chi connectivity index (χ1v) is 10.7. The van der Waals surface area contributed by atoms with E-state index in [1.807, 2.05) is 24.3 Å². The summed E-state index contributed by atoms with van der Waals surface area (Å²) in [6.07, 6.45) is 6.99. The van der Waals surface area contributed by atoms with E-state index in [1.54, 1.807) is 18.9 Å². The number of aromatic nitrogens is 3. The maximum atomic E-state index is 9.35. The van der Waals surface area contributed by atoms with Crippen molar-refractivity contribution < 1.29 is 4.74 Å². The number of nitrogens with zero attached hydrogens (tertiary/aromatic N) is 5. The predicted octanol–water partition coefficient (Wildman–Crippen LogP) is 4.99. The highest BCUT2D eigenvalue weighted by atomic mass is 32.2. The third-order valence-electron chi connectivity index (χ3n) is 5.15. The van der Waals surface area contributed by atoms with Gasteiger partial charge in [-0.25, -0.2) is 0 Å². The maximum Gasteiger partial charge on any atom is 0.191 e. The average molecular weight is 396 g/mol. The number of hydrogen-bond acceptors (Lipinski definition) is 6. The lowest BCUT2D eigenvalue weighted by Crippen LogP contribution is -2.15. The van der Waals surface area contributed by atoms with Gasteiger partial charge in [-0.1, -0.05) is 31.0 Å². The third-order valence-corrected chi connectivity index (χ3v) is 6.26. The normalized spacial score (nSPS) is 15.5. The fourth-order valence-corrected chi connectivity index (χ4v) is 4.64. The van der Waals surface area contributed by atoms with Gasteiger partial charge in [0, 0.05) is 23.8 Å². The molecule has 0 aliphatic heterocycles. The van der Waals surface area contributed by atoms with Crippen LogP contribution in [0, 0.1) is 28.6 Å². The van der Waals surface area contributed by atoms with E-state index in [0.717, 1.165) is 35.1 Å². The van der Waals surface area contributed by atoms with Crippen molar-refractivity contribution in [3.63, 3.8) is 0 Å². The Kier molecular flexibility index (Phi) is 7.33. The highest BCUT2D eigenvalue weighted by molar-refractivity contribution is 7.99. The van der Waals surface area contributed by atoms with Gasteiger partial charge in [-0.2, -0.15) is 10.5 Å². The maximum absolute atomic E-state index is 9.35. The Bertz CT molecular complexity index is 843. The van der Waals surface area contributed by atoms with E-state index in [2.05, 4.69) is 26.9 Å². The molecular weight excluding hydrogens is 370 g/mol. The van der Waals surface area contributed by atoms with Crippen LogP contribution in [-0.4, -0.2) is 27.6 Å². The van der Waals surface area contributed by atoms with Gasteiger partial charge in [-0.3, -0.25) is 4.57 Å². The number of rotatable bonds is 8. The van der Waals surface area contributed by atoms with Gasteiger partial charge in [0.15, 0.2) is 11.0 Å². The first-order chi connectivity index (χ1) is 13.8. The Balaban J connectivity index is 1.86. The summed E-state index contributed by atoms with van der Waals surface area (Å²) in [4.78, 5) is 0. The first kappa shape index (κ1) is 20.2. The third kappa shape index (κ3) is 4.85. The van der Waals surface area contributed by atoms with Crippen LogP contribution < -0.4 is 4.74 Å².